The van der Waals surface area contributed by atoms with E-state index in [-0.39, 0.29) is 0 Å². The fourth-order valence-corrected chi connectivity index (χ4v) is 4.03. The number of anilines is 1. The van der Waals surface area contributed by atoms with Crippen LogP contribution in [0.15, 0.2) is 52.1 Å². The lowest BCUT2D eigenvalue weighted by Gasteiger charge is -2.21. The Bertz CT molecular complexity index is 1110. The number of nitrogens with zero attached hydrogens (tertiary/aromatic N) is 3. The Hall–Kier alpha value is -2.85. The Kier molecular flexibility index (Phi) is 6.57. The number of thioether (sulfide) groups is 1. The molecule has 1 aromatic heterocycles. The van der Waals surface area contributed by atoms with E-state index < -0.39 is 18.8 Å². The zero-order chi connectivity index (χ0) is 21.8. The number of aliphatic carboxylic acids is 1. The molecule has 0 fully saturated rings. The lowest BCUT2D eigenvalue weighted by Crippen LogP contribution is -2.19. The molecule has 0 saturated heterocycles. The first kappa shape index (κ1) is 21.4. The van der Waals surface area contributed by atoms with Crippen LogP contribution < -0.4 is 14.8 Å². The van der Waals surface area contributed by atoms with Gasteiger partial charge >= 0.3 is 5.97 Å². The number of benzene rings is 2. The Morgan fingerprint density at radius 1 is 1.29 bits per heavy atom. The topological polar surface area (TPSA) is 106 Å². The molecule has 1 aliphatic rings. The molecule has 0 radical (unpaired) electrons. The maximum Gasteiger partial charge on any atom is 0.341 e. The van der Waals surface area contributed by atoms with E-state index in [9.17, 15) is 4.79 Å². The van der Waals surface area contributed by atoms with Gasteiger partial charge in [-0.25, -0.2) is 4.79 Å². The lowest BCUT2D eigenvalue weighted by molar-refractivity contribution is -0.139. The second-order valence-electron chi connectivity index (χ2n) is 6.65. The fourth-order valence-electron chi connectivity index (χ4n) is 3.03. The summed E-state index contributed by atoms with van der Waals surface area (Å²) in [5.41, 5.74) is 2.75. The second-order valence-corrected chi connectivity index (χ2v) is 8.63. The van der Waals surface area contributed by atoms with Crippen LogP contribution in [-0.2, 0) is 4.79 Å². The number of para-hydroxylation sites is 1. The van der Waals surface area contributed by atoms with E-state index >= 15 is 0 Å². The summed E-state index contributed by atoms with van der Waals surface area (Å²) in [6.45, 7) is 1.63. The quantitative estimate of drug-likeness (QED) is 0.441. The molecule has 8 nitrogen and oxygen atoms in total. The van der Waals surface area contributed by atoms with Crippen LogP contribution in [0.25, 0.3) is 11.3 Å². The number of carboxylic acids is 1. The average Bonchev–Trinajstić information content (AvgIpc) is 2.92. The van der Waals surface area contributed by atoms with Crippen molar-refractivity contribution in [1.29, 1.82) is 0 Å². The molecule has 2 aromatic carbocycles. The van der Waals surface area contributed by atoms with Gasteiger partial charge in [-0.15, -0.1) is 10.2 Å². The van der Waals surface area contributed by atoms with Crippen molar-refractivity contribution in [1.82, 2.24) is 15.2 Å². The molecule has 0 spiro atoms. The molecule has 3 aromatic rings. The van der Waals surface area contributed by atoms with Crippen molar-refractivity contribution >= 4 is 39.3 Å². The highest BCUT2D eigenvalue weighted by Crippen LogP contribution is 2.42. The molecule has 1 atom stereocenters. The average molecular weight is 503 g/mol. The number of carboxylic acid groups (broad SMARTS) is 1. The molecule has 31 heavy (non-hydrogen) atoms. The zero-order valence-electron chi connectivity index (χ0n) is 16.5. The van der Waals surface area contributed by atoms with Crippen molar-refractivity contribution < 1.29 is 19.4 Å². The van der Waals surface area contributed by atoms with Gasteiger partial charge in [0, 0.05) is 21.5 Å². The highest BCUT2D eigenvalue weighted by molar-refractivity contribution is 9.10. The maximum atomic E-state index is 11.0. The highest BCUT2D eigenvalue weighted by atomic mass is 79.9. The van der Waals surface area contributed by atoms with Gasteiger partial charge in [-0.1, -0.05) is 46.7 Å². The predicted molar refractivity (Wildman–Crippen MR) is 121 cm³/mol. The summed E-state index contributed by atoms with van der Waals surface area (Å²) in [5, 5.41) is 21.5. The van der Waals surface area contributed by atoms with Crippen molar-refractivity contribution in [2.45, 2.75) is 24.7 Å². The molecule has 0 aliphatic carbocycles. The largest absolute Gasteiger partial charge is 0.481 e. The van der Waals surface area contributed by atoms with E-state index in [0.29, 0.717) is 28.0 Å². The summed E-state index contributed by atoms with van der Waals surface area (Å²) in [6.07, 6.45) is 0.312. The molecule has 0 saturated carbocycles. The van der Waals surface area contributed by atoms with Gasteiger partial charge in [-0.3, -0.25) is 0 Å². The van der Waals surface area contributed by atoms with Crippen molar-refractivity contribution in [2.24, 2.45) is 0 Å². The minimum absolute atomic E-state index is 0.344. The Morgan fingerprint density at radius 2 is 2.13 bits per heavy atom. The van der Waals surface area contributed by atoms with Crippen LogP contribution in [-0.4, -0.2) is 38.6 Å². The van der Waals surface area contributed by atoms with Gasteiger partial charge in [0.2, 0.25) is 17.3 Å². The standard InChI is InChI=1S/C21H19BrN4O4S/c1-2-9-31-21-24-20-18(25-26-21)14-10-12(22)7-8-15(14)23-19(30-20)13-5-3-4-6-16(13)29-11-17(27)28/h3-8,10,19,23H,2,9,11H2,1H3,(H,27,28)/t19-/m1/s1. The Morgan fingerprint density at radius 3 is 2.94 bits per heavy atom. The summed E-state index contributed by atoms with van der Waals surface area (Å²) in [4.78, 5) is 15.6. The van der Waals surface area contributed by atoms with E-state index in [1.807, 2.05) is 30.3 Å². The van der Waals surface area contributed by atoms with E-state index in [4.69, 9.17) is 14.6 Å². The first-order valence-corrected chi connectivity index (χ1v) is 11.4. The first-order valence-electron chi connectivity index (χ1n) is 9.59. The molecule has 0 amide bonds. The maximum absolute atomic E-state index is 11.0. The number of halogens is 1. The van der Waals surface area contributed by atoms with Crippen LogP contribution in [0.3, 0.4) is 0 Å². The summed E-state index contributed by atoms with van der Waals surface area (Å²) in [5.74, 6) is 0.568. The molecule has 10 heteroatoms. The summed E-state index contributed by atoms with van der Waals surface area (Å²) in [6, 6.07) is 12.9. The van der Waals surface area contributed by atoms with Gasteiger partial charge in [0.15, 0.2) is 12.3 Å². The number of aromatic nitrogens is 3. The third-order valence-corrected chi connectivity index (χ3v) is 5.91. The monoisotopic (exact) mass is 502 g/mol. The lowest BCUT2D eigenvalue weighted by atomic mass is 10.1. The molecule has 0 bridgehead atoms. The first-order chi connectivity index (χ1) is 15.0. The van der Waals surface area contributed by atoms with Gasteiger partial charge in [0.1, 0.15) is 5.75 Å². The molecule has 2 heterocycles. The Balaban J connectivity index is 1.78. The summed E-state index contributed by atoms with van der Waals surface area (Å²) >= 11 is 5.02. The van der Waals surface area contributed by atoms with Crippen LogP contribution in [0.2, 0.25) is 0 Å². The second kappa shape index (κ2) is 9.52. The minimum atomic E-state index is -1.06. The van der Waals surface area contributed by atoms with Crippen LogP contribution in [0.5, 0.6) is 11.6 Å². The number of carbonyl (C=O) groups is 1. The summed E-state index contributed by atoms with van der Waals surface area (Å²) in [7, 11) is 0. The molecule has 0 unspecified atom stereocenters. The van der Waals surface area contributed by atoms with Gasteiger partial charge < -0.3 is 19.9 Å². The van der Waals surface area contributed by atoms with E-state index in [1.165, 1.54) is 11.8 Å². The van der Waals surface area contributed by atoms with Crippen molar-refractivity contribution in [3.05, 3.63) is 52.5 Å². The van der Waals surface area contributed by atoms with Crippen LogP contribution in [0.1, 0.15) is 25.1 Å². The molecule has 4 rings (SSSR count). The molecule has 2 N–H and O–H groups in total. The van der Waals surface area contributed by atoms with Gasteiger partial charge in [-0.2, -0.15) is 4.98 Å². The third-order valence-electron chi connectivity index (χ3n) is 4.38. The van der Waals surface area contributed by atoms with E-state index in [1.54, 1.807) is 12.1 Å². The predicted octanol–water partition coefficient (Wildman–Crippen LogP) is 4.77. The normalized spacial score (nSPS) is 14.5. The van der Waals surface area contributed by atoms with Gasteiger partial charge in [0.25, 0.3) is 0 Å². The minimum Gasteiger partial charge on any atom is -0.481 e. The fraction of sp³-hybridized carbons (Fsp3) is 0.238. The number of hydrogen-bond acceptors (Lipinski definition) is 8. The Labute approximate surface area is 191 Å². The number of fused-ring (bicyclic) bond motifs is 3. The third kappa shape index (κ3) is 4.91. The van der Waals surface area contributed by atoms with Crippen molar-refractivity contribution in [2.75, 3.05) is 17.7 Å². The molecule has 1 aliphatic heterocycles. The van der Waals surface area contributed by atoms with Gasteiger partial charge in [0.05, 0.1) is 5.56 Å². The molecular formula is C21H19BrN4O4S. The zero-order valence-corrected chi connectivity index (χ0v) is 18.9. The number of rotatable bonds is 7. The highest BCUT2D eigenvalue weighted by Gasteiger charge is 2.28. The number of ether oxygens (including phenoxy) is 2. The van der Waals surface area contributed by atoms with Crippen LogP contribution in [0, 0.1) is 0 Å². The van der Waals surface area contributed by atoms with Crippen molar-refractivity contribution in [3.63, 3.8) is 0 Å². The smallest absolute Gasteiger partial charge is 0.341 e. The SMILES string of the molecule is CCCSc1nnc2c(n1)O[C@H](c1ccccc1OCC(=O)O)Nc1ccc(Br)cc1-2. The van der Waals surface area contributed by atoms with Crippen molar-refractivity contribution in [3.8, 4) is 22.9 Å². The molecule has 160 valence electrons. The van der Waals surface area contributed by atoms with Crippen LogP contribution in [0.4, 0.5) is 5.69 Å². The molecular weight excluding hydrogens is 484 g/mol. The van der Waals surface area contributed by atoms with Crippen LogP contribution >= 0.6 is 27.7 Å². The van der Waals surface area contributed by atoms with E-state index in [2.05, 4.69) is 43.4 Å². The number of nitrogens with one attached hydrogen (secondary N) is 1. The van der Waals surface area contributed by atoms with Gasteiger partial charge in [-0.05, 0) is 36.8 Å². The number of hydrogen-bond donors (Lipinski definition) is 2. The van der Waals surface area contributed by atoms with E-state index in [0.717, 1.165) is 27.9 Å². The summed E-state index contributed by atoms with van der Waals surface area (Å²) < 4.78 is 12.6.